The number of benzene rings is 2. The van der Waals surface area contributed by atoms with Gasteiger partial charge in [-0.05, 0) is 61.9 Å². The Morgan fingerprint density at radius 1 is 1.04 bits per heavy atom. The lowest BCUT2D eigenvalue weighted by Gasteiger charge is -2.10. The van der Waals surface area contributed by atoms with E-state index in [2.05, 4.69) is 17.2 Å². The molecule has 1 N–H and O–H groups in total. The van der Waals surface area contributed by atoms with E-state index < -0.39 is 5.95 Å². The second-order valence-corrected chi connectivity index (χ2v) is 6.17. The average molecular weight is 380 g/mol. The van der Waals surface area contributed by atoms with Gasteiger partial charge in [0.25, 0.3) is 5.91 Å². The van der Waals surface area contributed by atoms with Crippen molar-refractivity contribution in [3.8, 4) is 17.2 Å². The zero-order valence-corrected chi connectivity index (χ0v) is 15.7. The van der Waals surface area contributed by atoms with Gasteiger partial charge in [0.2, 0.25) is 5.95 Å². The molecule has 1 aromatic heterocycles. The number of carbonyl (C=O) groups excluding carboxylic acids is 1. The number of nitrogens with zero attached hydrogens (tertiary/aromatic N) is 1. The molecule has 0 fully saturated rings. The topological polar surface area (TPSA) is 60.5 Å². The molecule has 144 valence electrons. The molecular weight excluding hydrogens is 359 g/mol. The molecule has 0 saturated heterocycles. The highest BCUT2D eigenvalue weighted by atomic mass is 19.1. The molecule has 3 rings (SSSR count). The second-order valence-electron chi connectivity index (χ2n) is 6.17. The molecule has 1 amide bonds. The van der Waals surface area contributed by atoms with Gasteiger partial charge in [-0.1, -0.05) is 13.0 Å². The van der Waals surface area contributed by atoms with Crippen LogP contribution in [0, 0.1) is 12.9 Å². The molecule has 0 aliphatic rings. The fraction of sp³-hybridized carbons (Fsp3) is 0.182. The van der Waals surface area contributed by atoms with Crippen LogP contribution < -0.4 is 14.8 Å². The summed E-state index contributed by atoms with van der Waals surface area (Å²) in [4.78, 5) is 16.1. The molecule has 0 atom stereocenters. The summed E-state index contributed by atoms with van der Waals surface area (Å²) >= 11 is 0. The first-order valence-electron chi connectivity index (χ1n) is 9.00. The minimum absolute atomic E-state index is 0.315. The van der Waals surface area contributed by atoms with Gasteiger partial charge in [-0.25, -0.2) is 4.98 Å². The summed E-state index contributed by atoms with van der Waals surface area (Å²) in [6.45, 7) is 4.31. The number of carbonyl (C=O) groups is 1. The molecule has 28 heavy (non-hydrogen) atoms. The summed E-state index contributed by atoms with van der Waals surface area (Å²) in [5, 5.41) is 2.78. The number of halogens is 1. The molecule has 2 aromatic carbocycles. The third-order valence-corrected chi connectivity index (χ3v) is 3.92. The van der Waals surface area contributed by atoms with Crippen molar-refractivity contribution in [3.05, 3.63) is 77.9 Å². The Labute approximate surface area is 163 Å². The number of aryl methyl sites for hydroxylation is 1. The molecule has 0 unspecified atom stereocenters. The van der Waals surface area contributed by atoms with E-state index in [1.807, 2.05) is 24.3 Å². The maximum absolute atomic E-state index is 13.1. The Hall–Kier alpha value is -3.41. The predicted molar refractivity (Wildman–Crippen MR) is 106 cm³/mol. The van der Waals surface area contributed by atoms with E-state index in [1.54, 1.807) is 31.2 Å². The maximum Gasteiger partial charge on any atom is 0.257 e. The molecule has 1 heterocycles. The first-order valence-corrected chi connectivity index (χ1v) is 9.00. The number of hydrogen-bond donors (Lipinski definition) is 1. The lowest BCUT2D eigenvalue weighted by Crippen LogP contribution is -2.14. The molecule has 6 heteroatoms. The van der Waals surface area contributed by atoms with Crippen LogP contribution in [0.2, 0.25) is 0 Å². The van der Waals surface area contributed by atoms with Gasteiger partial charge >= 0.3 is 0 Å². The largest absolute Gasteiger partial charge is 0.494 e. The highest BCUT2D eigenvalue weighted by Gasteiger charge is 2.11. The number of nitrogens with one attached hydrogen (secondary N) is 1. The van der Waals surface area contributed by atoms with Crippen molar-refractivity contribution in [2.24, 2.45) is 0 Å². The van der Waals surface area contributed by atoms with Crippen LogP contribution in [0.3, 0.4) is 0 Å². The third-order valence-electron chi connectivity index (χ3n) is 3.92. The standard InChI is InChI=1S/C22H21FN2O3/c1-3-13-27-17-7-9-18(10-8-17)28-19-6-4-5-16(14-19)25-22(26)20-11-12-21(23)24-15(20)2/h4-12,14H,3,13H2,1-2H3,(H,25,26). The van der Waals surface area contributed by atoms with Crippen molar-refractivity contribution in [3.63, 3.8) is 0 Å². The van der Waals surface area contributed by atoms with Gasteiger partial charge in [-0.3, -0.25) is 4.79 Å². The Morgan fingerprint density at radius 3 is 2.50 bits per heavy atom. The molecule has 0 aliphatic heterocycles. The Balaban J connectivity index is 1.67. The molecule has 0 bridgehead atoms. The van der Waals surface area contributed by atoms with E-state index in [0.29, 0.717) is 35.1 Å². The zero-order chi connectivity index (χ0) is 19.9. The Bertz CT molecular complexity index is 958. The van der Waals surface area contributed by atoms with Crippen LogP contribution in [0.25, 0.3) is 0 Å². The molecule has 0 radical (unpaired) electrons. The minimum Gasteiger partial charge on any atom is -0.494 e. The number of ether oxygens (including phenoxy) is 2. The van der Waals surface area contributed by atoms with Gasteiger partial charge in [-0.2, -0.15) is 4.39 Å². The quantitative estimate of drug-likeness (QED) is 0.560. The summed E-state index contributed by atoms with van der Waals surface area (Å²) in [7, 11) is 0. The third kappa shape index (κ3) is 5.07. The van der Waals surface area contributed by atoms with Crippen LogP contribution in [-0.2, 0) is 0 Å². The number of pyridine rings is 1. The van der Waals surface area contributed by atoms with Gasteiger partial charge < -0.3 is 14.8 Å². The van der Waals surface area contributed by atoms with E-state index in [-0.39, 0.29) is 5.91 Å². The first-order chi connectivity index (χ1) is 13.5. The van der Waals surface area contributed by atoms with Crippen LogP contribution >= 0.6 is 0 Å². The lowest BCUT2D eigenvalue weighted by atomic mass is 10.2. The lowest BCUT2D eigenvalue weighted by molar-refractivity contribution is 0.102. The molecular formula is C22H21FN2O3. The monoisotopic (exact) mass is 380 g/mol. The average Bonchev–Trinajstić information content (AvgIpc) is 2.67. The van der Waals surface area contributed by atoms with Crippen molar-refractivity contribution in [2.75, 3.05) is 11.9 Å². The van der Waals surface area contributed by atoms with Crippen LogP contribution in [0.4, 0.5) is 10.1 Å². The van der Waals surface area contributed by atoms with E-state index in [0.717, 1.165) is 18.2 Å². The highest BCUT2D eigenvalue weighted by molar-refractivity contribution is 6.05. The van der Waals surface area contributed by atoms with E-state index in [1.165, 1.54) is 6.07 Å². The van der Waals surface area contributed by atoms with Gasteiger partial charge in [0.15, 0.2) is 0 Å². The van der Waals surface area contributed by atoms with E-state index in [9.17, 15) is 9.18 Å². The van der Waals surface area contributed by atoms with Gasteiger partial charge in [-0.15, -0.1) is 0 Å². The van der Waals surface area contributed by atoms with E-state index >= 15 is 0 Å². The van der Waals surface area contributed by atoms with Crippen LogP contribution in [0.5, 0.6) is 17.2 Å². The number of hydrogen-bond acceptors (Lipinski definition) is 4. The van der Waals surface area contributed by atoms with Crippen molar-refractivity contribution in [1.29, 1.82) is 0 Å². The number of rotatable bonds is 7. The van der Waals surface area contributed by atoms with Crippen LogP contribution in [0.1, 0.15) is 29.4 Å². The maximum atomic E-state index is 13.1. The summed E-state index contributed by atoms with van der Waals surface area (Å²) in [6, 6.07) is 17.0. The number of aromatic nitrogens is 1. The summed E-state index contributed by atoms with van der Waals surface area (Å²) in [5.74, 6) is 1.05. The fourth-order valence-corrected chi connectivity index (χ4v) is 2.57. The van der Waals surface area contributed by atoms with Crippen molar-refractivity contribution >= 4 is 11.6 Å². The van der Waals surface area contributed by atoms with Crippen molar-refractivity contribution < 1.29 is 18.7 Å². The zero-order valence-electron chi connectivity index (χ0n) is 15.7. The number of amides is 1. The summed E-state index contributed by atoms with van der Waals surface area (Å²) in [6.07, 6.45) is 0.949. The van der Waals surface area contributed by atoms with E-state index in [4.69, 9.17) is 9.47 Å². The Kier molecular flexibility index (Phi) is 6.22. The number of anilines is 1. The van der Waals surface area contributed by atoms with Gasteiger partial charge in [0, 0.05) is 11.8 Å². The normalized spacial score (nSPS) is 10.4. The Morgan fingerprint density at radius 2 is 1.79 bits per heavy atom. The van der Waals surface area contributed by atoms with Crippen LogP contribution in [0.15, 0.2) is 60.7 Å². The summed E-state index contributed by atoms with van der Waals surface area (Å²) < 4.78 is 24.5. The highest BCUT2D eigenvalue weighted by Crippen LogP contribution is 2.26. The molecule has 0 spiro atoms. The SMILES string of the molecule is CCCOc1ccc(Oc2cccc(NC(=O)c3ccc(F)nc3C)c2)cc1. The molecule has 5 nitrogen and oxygen atoms in total. The molecule has 0 saturated carbocycles. The molecule has 3 aromatic rings. The van der Waals surface area contributed by atoms with Gasteiger partial charge in [0.1, 0.15) is 17.2 Å². The van der Waals surface area contributed by atoms with Crippen molar-refractivity contribution in [2.45, 2.75) is 20.3 Å². The minimum atomic E-state index is -0.615. The smallest absolute Gasteiger partial charge is 0.257 e. The van der Waals surface area contributed by atoms with Crippen molar-refractivity contribution in [1.82, 2.24) is 4.98 Å². The summed E-state index contributed by atoms with van der Waals surface area (Å²) in [5.41, 5.74) is 1.21. The molecule has 0 aliphatic carbocycles. The van der Waals surface area contributed by atoms with Gasteiger partial charge in [0.05, 0.1) is 17.9 Å². The van der Waals surface area contributed by atoms with Crippen LogP contribution in [-0.4, -0.2) is 17.5 Å². The predicted octanol–water partition coefficient (Wildman–Crippen LogP) is 5.36. The first kappa shape index (κ1) is 19.4. The second kappa shape index (κ2) is 8.99. The fourth-order valence-electron chi connectivity index (χ4n) is 2.57.